The van der Waals surface area contributed by atoms with Crippen molar-refractivity contribution < 1.29 is 9.21 Å². The van der Waals surface area contributed by atoms with Gasteiger partial charge in [0.05, 0.1) is 6.04 Å². The first-order valence-corrected chi connectivity index (χ1v) is 7.41. The molecule has 22 heavy (non-hydrogen) atoms. The van der Waals surface area contributed by atoms with Gasteiger partial charge in [-0.1, -0.05) is 42.0 Å². The van der Waals surface area contributed by atoms with Gasteiger partial charge in [0, 0.05) is 5.39 Å². The third kappa shape index (κ3) is 2.75. The molecule has 1 amide bonds. The van der Waals surface area contributed by atoms with Crippen LogP contribution in [0.1, 0.15) is 40.2 Å². The molecule has 1 aromatic heterocycles. The molecule has 0 aliphatic heterocycles. The van der Waals surface area contributed by atoms with Gasteiger partial charge in [0.15, 0.2) is 5.76 Å². The number of furan rings is 1. The molecule has 0 bridgehead atoms. The maximum Gasteiger partial charge on any atom is 0.287 e. The second kappa shape index (κ2) is 5.68. The van der Waals surface area contributed by atoms with Crippen LogP contribution in [0, 0.1) is 13.8 Å². The zero-order valence-electron chi connectivity index (χ0n) is 13.0. The Hall–Kier alpha value is -2.55. The van der Waals surface area contributed by atoms with Gasteiger partial charge < -0.3 is 9.73 Å². The zero-order chi connectivity index (χ0) is 15.7. The Morgan fingerprint density at radius 2 is 1.86 bits per heavy atom. The third-order valence-corrected chi connectivity index (χ3v) is 3.89. The van der Waals surface area contributed by atoms with Gasteiger partial charge in [-0.15, -0.1) is 0 Å². The summed E-state index contributed by atoms with van der Waals surface area (Å²) in [5.41, 5.74) is 4.25. The Kier molecular flexibility index (Phi) is 3.72. The number of carbonyl (C=O) groups is 1. The van der Waals surface area contributed by atoms with E-state index in [1.165, 1.54) is 11.1 Å². The number of hydrogen-bond acceptors (Lipinski definition) is 2. The average molecular weight is 293 g/mol. The molecule has 3 heteroatoms. The van der Waals surface area contributed by atoms with Gasteiger partial charge >= 0.3 is 0 Å². The minimum absolute atomic E-state index is 0.0682. The maximum absolute atomic E-state index is 12.4. The van der Waals surface area contributed by atoms with Crippen LogP contribution in [0.3, 0.4) is 0 Å². The molecule has 3 nitrogen and oxygen atoms in total. The van der Waals surface area contributed by atoms with Crippen LogP contribution >= 0.6 is 0 Å². The van der Waals surface area contributed by atoms with E-state index in [0.29, 0.717) is 5.76 Å². The highest BCUT2D eigenvalue weighted by Gasteiger charge is 2.16. The van der Waals surface area contributed by atoms with Gasteiger partial charge in [-0.25, -0.2) is 0 Å². The smallest absolute Gasteiger partial charge is 0.287 e. The first kappa shape index (κ1) is 14.4. The lowest BCUT2D eigenvalue weighted by Crippen LogP contribution is -2.26. The normalized spacial score (nSPS) is 12.3. The van der Waals surface area contributed by atoms with Gasteiger partial charge in [0.25, 0.3) is 5.91 Å². The highest BCUT2D eigenvalue weighted by atomic mass is 16.3. The predicted octanol–water partition coefficient (Wildman–Crippen LogP) is 4.54. The molecule has 1 atom stereocenters. The van der Waals surface area contributed by atoms with Crippen molar-refractivity contribution in [3.05, 3.63) is 71.0 Å². The number of para-hydroxylation sites is 1. The van der Waals surface area contributed by atoms with Crippen molar-refractivity contribution in [2.45, 2.75) is 26.8 Å². The molecule has 0 aliphatic carbocycles. The highest BCUT2D eigenvalue weighted by Crippen LogP contribution is 2.21. The number of fused-ring (bicyclic) bond motifs is 1. The molecule has 1 heterocycles. The molecule has 0 unspecified atom stereocenters. The zero-order valence-corrected chi connectivity index (χ0v) is 13.0. The van der Waals surface area contributed by atoms with Gasteiger partial charge in [0.1, 0.15) is 5.58 Å². The van der Waals surface area contributed by atoms with Gasteiger partial charge in [0.2, 0.25) is 0 Å². The number of carbonyl (C=O) groups excluding carboxylic acids is 1. The number of rotatable bonds is 3. The number of aryl methyl sites for hydroxylation is 2. The van der Waals surface area contributed by atoms with Crippen molar-refractivity contribution in [2.24, 2.45) is 0 Å². The van der Waals surface area contributed by atoms with Crippen LogP contribution in [0.15, 0.2) is 52.9 Å². The Morgan fingerprint density at radius 1 is 1.09 bits per heavy atom. The van der Waals surface area contributed by atoms with Crippen LogP contribution in [0.2, 0.25) is 0 Å². The van der Waals surface area contributed by atoms with Crippen molar-refractivity contribution in [3.63, 3.8) is 0 Å². The van der Waals surface area contributed by atoms with E-state index in [9.17, 15) is 4.79 Å². The Labute approximate surface area is 130 Å². The summed E-state index contributed by atoms with van der Waals surface area (Å²) in [6.45, 7) is 6.11. The van der Waals surface area contributed by atoms with Crippen molar-refractivity contribution in [3.8, 4) is 0 Å². The van der Waals surface area contributed by atoms with Crippen molar-refractivity contribution in [2.75, 3.05) is 0 Å². The average Bonchev–Trinajstić information content (AvgIpc) is 2.91. The first-order chi connectivity index (χ1) is 10.5. The van der Waals surface area contributed by atoms with E-state index in [2.05, 4.69) is 37.4 Å². The molecule has 0 fully saturated rings. The summed E-state index contributed by atoms with van der Waals surface area (Å²) in [4.78, 5) is 12.4. The summed E-state index contributed by atoms with van der Waals surface area (Å²) in [6, 6.07) is 15.6. The van der Waals surface area contributed by atoms with E-state index in [1.54, 1.807) is 6.07 Å². The van der Waals surface area contributed by atoms with E-state index in [1.807, 2.05) is 31.2 Å². The van der Waals surface area contributed by atoms with Crippen molar-refractivity contribution in [1.82, 2.24) is 5.32 Å². The topological polar surface area (TPSA) is 42.2 Å². The quantitative estimate of drug-likeness (QED) is 0.770. The lowest BCUT2D eigenvalue weighted by molar-refractivity contribution is 0.0914. The third-order valence-electron chi connectivity index (χ3n) is 3.89. The lowest BCUT2D eigenvalue weighted by Gasteiger charge is -2.16. The lowest BCUT2D eigenvalue weighted by atomic mass is 10.0. The van der Waals surface area contributed by atoms with Gasteiger partial charge in [-0.3, -0.25) is 4.79 Å². The van der Waals surface area contributed by atoms with Crippen molar-refractivity contribution >= 4 is 16.9 Å². The molecule has 0 spiro atoms. The fourth-order valence-electron chi connectivity index (χ4n) is 2.75. The second-order valence-corrected chi connectivity index (χ2v) is 5.70. The maximum atomic E-state index is 12.4. The standard InChI is InChI=1S/C19H19NO2/c1-12-8-9-16(13(2)10-12)14(3)20-19(21)18-11-15-6-4-5-7-17(15)22-18/h4-11,14H,1-3H3,(H,20,21)/t14-/m1/s1. The molecule has 112 valence electrons. The summed E-state index contributed by atoms with van der Waals surface area (Å²) in [7, 11) is 0. The fourth-order valence-corrected chi connectivity index (χ4v) is 2.75. The minimum atomic E-state index is -0.191. The summed E-state index contributed by atoms with van der Waals surface area (Å²) >= 11 is 0. The van der Waals surface area contributed by atoms with Gasteiger partial charge in [-0.05, 0) is 44.0 Å². The predicted molar refractivity (Wildman–Crippen MR) is 88.0 cm³/mol. The van der Waals surface area contributed by atoms with Gasteiger partial charge in [-0.2, -0.15) is 0 Å². The number of amides is 1. The number of nitrogens with one attached hydrogen (secondary N) is 1. The van der Waals surface area contributed by atoms with Crippen LogP contribution in [-0.4, -0.2) is 5.91 Å². The molecule has 2 aromatic carbocycles. The van der Waals surface area contributed by atoms with Crippen molar-refractivity contribution in [1.29, 1.82) is 0 Å². The van der Waals surface area contributed by atoms with E-state index < -0.39 is 0 Å². The fraction of sp³-hybridized carbons (Fsp3) is 0.211. The molecule has 0 saturated heterocycles. The number of hydrogen-bond donors (Lipinski definition) is 1. The first-order valence-electron chi connectivity index (χ1n) is 7.41. The van der Waals surface area contributed by atoms with Crippen LogP contribution in [-0.2, 0) is 0 Å². The second-order valence-electron chi connectivity index (χ2n) is 5.70. The number of benzene rings is 2. The molecule has 0 saturated carbocycles. The van der Waals surface area contributed by atoms with Crippen LogP contribution in [0.4, 0.5) is 0 Å². The molecule has 3 aromatic rings. The van der Waals surface area contributed by atoms with E-state index in [-0.39, 0.29) is 11.9 Å². The van der Waals surface area contributed by atoms with Crippen LogP contribution in [0.5, 0.6) is 0 Å². The summed E-state index contributed by atoms with van der Waals surface area (Å²) in [5, 5.41) is 3.94. The molecule has 3 rings (SSSR count). The summed E-state index contributed by atoms with van der Waals surface area (Å²) in [5.74, 6) is 0.154. The Morgan fingerprint density at radius 3 is 2.59 bits per heavy atom. The van der Waals surface area contributed by atoms with E-state index >= 15 is 0 Å². The van der Waals surface area contributed by atoms with Crippen LogP contribution in [0.25, 0.3) is 11.0 Å². The molecule has 0 aliphatic rings. The van der Waals surface area contributed by atoms with Crippen LogP contribution < -0.4 is 5.32 Å². The molecule has 0 radical (unpaired) electrons. The van der Waals surface area contributed by atoms with E-state index in [0.717, 1.165) is 16.5 Å². The highest BCUT2D eigenvalue weighted by molar-refractivity contribution is 5.96. The minimum Gasteiger partial charge on any atom is -0.451 e. The largest absolute Gasteiger partial charge is 0.451 e. The molecular weight excluding hydrogens is 274 g/mol. The monoisotopic (exact) mass is 293 g/mol. The molecule has 1 N–H and O–H groups in total. The summed E-state index contributed by atoms with van der Waals surface area (Å²) in [6.07, 6.45) is 0. The summed E-state index contributed by atoms with van der Waals surface area (Å²) < 4.78 is 5.60. The Bertz CT molecular complexity index is 799. The SMILES string of the molecule is Cc1ccc([C@@H](C)NC(=O)c2cc3ccccc3o2)c(C)c1. The molecular formula is C19H19NO2. The van der Waals surface area contributed by atoms with E-state index in [4.69, 9.17) is 4.42 Å². The Balaban J connectivity index is 1.81.